The van der Waals surface area contributed by atoms with E-state index in [9.17, 15) is 20.4 Å². The van der Waals surface area contributed by atoms with Gasteiger partial charge in [-0.2, -0.15) is 6.92 Å². The maximum atomic E-state index is 9.30. The van der Waals surface area contributed by atoms with Crippen LogP contribution in [0.25, 0.3) is 0 Å². The summed E-state index contributed by atoms with van der Waals surface area (Å²) in [5.41, 5.74) is 3.70. The van der Waals surface area contributed by atoms with E-state index in [2.05, 4.69) is 165 Å². The van der Waals surface area contributed by atoms with Crippen LogP contribution in [0, 0.1) is 32.4 Å². The molecule has 0 saturated heterocycles. The van der Waals surface area contributed by atoms with Crippen LogP contribution in [0.5, 0.6) is 46.0 Å². The topological polar surface area (TPSA) is 179 Å². The Labute approximate surface area is 695 Å². The predicted octanol–water partition coefficient (Wildman–Crippen LogP) is 13.1. The fourth-order valence-corrected chi connectivity index (χ4v) is 21.2. The number of benzene rings is 12. The second kappa shape index (κ2) is 53.6. The molecule has 0 aliphatic rings. The van der Waals surface area contributed by atoms with Gasteiger partial charge in [0.1, 0.15) is 110 Å². The Balaban J connectivity index is 0.000000480. The fraction of sp³-hybridized carbons (Fsp3) is 0.156. The van der Waals surface area contributed by atoms with E-state index in [1.54, 1.807) is 63.8 Å². The van der Waals surface area contributed by atoms with E-state index in [0.29, 0.717) is 0 Å². The molecule has 0 unspecified atom stereocenters. The largest absolute Gasteiger partial charge is 0.696 e. The number of thiocyanates is 1. The summed E-state index contributed by atoms with van der Waals surface area (Å²) in [5, 5.41) is 61.0. The molecule has 0 atom stereocenters. The van der Waals surface area contributed by atoms with Crippen molar-refractivity contribution in [1.82, 2.24) is 0 Å². The average Bonchev–Trinajstić information content (AvgIpc) is 0.826. The monoisotopic (exact) mass is 1760 g/mol. The maximum absolute atomic E-state index is 9.30. The molecule has 13 nitrogen and oxygen atoms in total. The molecule has 12 rings (SSSR count). The standard InChI is InChI=1S/4C21H21O3P.C2H5.CHNS.CH4.2CH3.2Ag/c4*1-23-17-5-11-20(12-6-17)25(19-9-3-16(15-22)4-10-19)21-13-7-18(24-2)8-14-21;1-2;2-1-3;;;;;/h4*3-14,22H,15H2,1-2H3;1H2,2H3;3H;1H4;2*1H3;;/q;;;;-1;;;2*-1;;/p+3. The van der Waals surface area contributed by atoms with Gasteiger partial charge < -0.3 is 92.7 Å². The summed E-state index contributed by atoms with van der Waals surface area (Å²) in [6, 6.07) is 99.2. The van der Waals surface area contributed by atoms with Crippen molar-refractivity contribution in [2.24, 2.45) is 0 Å². The van der Waals surface area contributed by atoms with Crippen molar-refractivity contribution in [3.8, 4) is 51.4 Å². The summed E-state index contributed by atoms with van der Waals surface area (Å²) in [4.78, 5) is 0. The predicted molar refractivity (Wildman–Crippen MR) is 466 cm³/mol. The second-order valence-corrected chi connectivity index (χ2v) is 33.0. The molecule has 0 saturated carbocycles. The minimum Gasteiger partial charge on any atom is -0.696 e. The van der Waals surface area contributed by atoms with Crippen LogP contribution in [0.3, 0.4) is 0 Å². The quantitative estimate of drug-likeness (QED) is 0.0148. The van der Waals surface area contributed by atoms with Gasteiger partial charge in [0.15, 0.2) is 0 Å². The van der Waals surface area contributed by atoms with Gasteiger partial charge in [-0.05, 0) is 265 Å². The molecule has 0 heterocycles. The van der Waals surface area contributed by atoms with E-state index in [0.717, 1.165) is 68.2 Å². The molecule has 2 radical (unpaired) electrons. The third-order valence-corrected chi connectivity index (χ3v) is 27.7. The summed E-state index contributed by atoms with van der Waals surface area (Å²) >= 11 is 3.70. The van der Waals surface area contributed by atoms with Gasteiger partial charge in [0.2, 0.25) is 0 Å². The van der Waals surface area contributed by atoms with Crippen molar-refractivity contribution in [1.29, 1.82) is 5.26 Å². The van der Waals surface area contributed by atoms with Crippen molar-refractivity contribution in [2.45, 2.75) is 40.8 Å². The van der Waals surface area contributed by atoms with Gasteiger partial charge in [0, 0.05) is 44.8 Å². The van der Waals surface area contributed by atoms with Crippen molar-refractivity contribution >= 4 is 108 Å². The van der Waals surface area contributed by atoms with Crippen LogP contribution in [-0.2, 0) is 83.8 Å². The van der Waals surface area contributed by atoms with Crippen molar-refractivity contribution in [3.05, 3.63) is 335 Å². The van der Waals surface area contributed by atoms with Gasteiger partial charge in [-0.1, -0.05) is 61.4 Å². The smallest absolute Gasteiger partial charge is 0.119 e. The molecule has 0 fully saturated rings. The number of aliphatic hydroxyl groups excluding tert-OH is 4. The van der Waals surface area contributed by atoms with Gasteiger partial charge in [-0.15, -0.1) is 0 Å². The third kappa shape index (κ3) is 28.8. The molecule has 0 amide bonds. The first kappa shape index (κ1) is 97.9. The van der Waals surface area contributed by atoms with Crippen molar-refractivity contribution < 1.29 is 103 Å². The molecular formula is C90H103Ag2NO12P4S. The van der Waals surface area contributed by atoms with E-state index >= 15 is 0 Å². The van der Waals surface area contributed by atoms with E-state index in [4.69, 9.17) is 43.2 Å². The number of ether oxygens (including phenoxy) is 8. The molecule has 20 heteroatoms. The zero-order valence-corrected chi connectivity index (χ0v) is 71.0. The molecule has 0 aliphatic carbocycles. The Morgan fingerprint density at radius 3 is 0.400 bits per heavy atom. The average molecular weight is 1760 g/mol. The molecule has 12 aromatic rings. The Kier molecular flexibility index (Phi) is 47.7. The minimum absolute atomic E-state index is 0. The van der Waals surface area contributed by atoms with E-state index in [-0.39, 0.29) is 93.5 Å². The molecule has 0 bridgehead atoms. The number of nitriles is 1. The van der Waals surface area contributed by atoms with E-state index in [1.807, 2.05) is 146 Å². The van der Waals surface area contributed by atoms with Crippen LogP contribution < -0.4 is 102 Å². The molecule has 0 spiro atoms. The normalized spacial score (nSPS) is 9.86. The minimum atomic E-state index is -1.14. The Bertz CT molecular complexity index is 3440. The molecule has 0 aromatic heterocycles. The van der Waals surface area contributed by atoms with E-state index < -0.39 is 31.7 Å². The summed E-state index contributed by atoms with van der Waals surface area (Å²) in [6.07, 6.45) is 0. The van der Waals surface area contributed by atoms with Crippen LogP contribution in [0.15, 0.2) is 291 Å². The second-order valence-electron chi connectivity index (χ2n) is 22.8. The van der Waals surface area contributed by atoms with Gasteiger partial charge in [0.25, 0.3) is 0 Å². The van der Waals surface area contributed by atoms with Gasteiger partial charge in [-0.3, -0.25) is 0 Å². The summed E-state index contributed by atoms with van der Waals surface area (Å²) in [5.74, 6) is 6.86. The number of methoxy groups -OCH3 is 8. The third-order valence-electron chi connectivity index (χ3n) is 16.7. The summed E-state index contributed by atoms with van der Waals surface area (Å²) < 4.78 is 42.3. The van der Waals surface area contributed by atoms with Gasteiger partial charge >= 0.3 is 0 Å². The van der Waals surface area contributed by atoms with Crippen LogP contribution in [0.1, 0.15) is 36.6 Å². The number of aliphatic hydroxyl groups is 4. The van der Waals surface area contributed by atoms with Gasteiger partial charge in [-0.25, -0.2) is 5.26 Å². The molecule has 0 aliphatic heterocycles. The first-order valence-corrected chi connectivity index (χ1v) is 40.0. The number of hydrogen-bond donors (Lipinski definition) is 4. The summed E-state index contributed by atoms with van der Waals surface area (Å²) in [7, 11) is 8.85. The molecule has 588 valence electrons. The molecule has 4 N–H and O–H groups in total. The Morgan fingerprint density at radius 2 is 0.327 bits per heavy atom. The zero-order valence-electron chi connectivity index (χ0n) is 63.3. The molecule has 110 heavy (non-hydrogen) atoms. The first-order chi connectivity index (χ1) is 51.4. The van der Waals surface area contributed by atoms with Crippen molar-refractivity contribution in [2.75, 3.05) is 56.9 Å². The first-order valence-electron chi connectivity index (χ1n) is 33.6. The molecule has 12 aromatic carbocycles. The number of nitrogens with zero attached hydrogens (tertiary/aromatic N) is 1. The number of rotatable bonds is 24. The summed E-state index contributed by atoms with van der Waals surface area (Å²) in [6.45, 7) is 5.25. The number of hydrogen-bond acceptors (Lipinski definition) is 14. The van der Waals surface area contributed by atoms with Crippen molar-refractivity contribution in [3.63, 3.8) is 0 Å². The maximum Gasteiger partial charge on any atom is 0.119 e. The fourth-order valence-electron chi connectivity index (χ4n) is 11.2. The Hall–Kier alpha value is -8.21. The zero-order chi connectivity index (χ0) is 75.3. The Morgan fingerprint density at radius 1 is 0.245 bits per heavy atom. The SMILES string of the molecule is C.COc1ccc([PH+](c2ccc(CO)cc2)c2ccc(OC)cc2)cc1.COc1ccc([PH+](c2ccc(CO)cc2)c2ccc(OC)cc2)cc1.COc1ccc([PH+](c2ccc(CO)cc2)c2ccc(OC)cc2)cc1.COc1ccc([PH+](c2ccc(CO)cc2)c2ccc(OC)cc2)cc1.N#C[S-].[Ag].[Ag].[CH2-]C.[CH3-].[CH3-]. The molecular weight excluding hydrogens is 1660 g/mol. The van der Waals surface area contributed by atoms with Crippen LogP contribution >= 0.6 is 31.7 Å². The van der Waals surface area contributed by atoms with Crippen LogP contribution in [-0.4, -0.2) is 77.3 Å². The van der Waals surface area contributed by atoms with Crippen LogP contribution in [0.2, 0.25) is 0 Å². The van der Waals surface area contributed by atoms with E-state index in [1.165, 1.54) is 69.1 Å². The van der Waals surface area contributed by atoms with Gasteiger partial charge in [0.05, 0.1) is 115 Å². The van der Waals surface area contributed by atoms with Crippen LogP contribution in [0.4, 0.5) is 0 Å².